The number of carbonyl (C=O) groups is 1. The molecule has 104 valence electrons. The number of oxime groups is 1. The molecule has 0 radical (unpaired) electrons. The maximum atomic E-state index is 12.1. The minimum absolute atomic E-state index is 0.0965. The van der Waals surface area contributed by atoms with Crippen LogP contribution in [-0.2, 0) is 0 Å². The number of aryl methyl sites for hydroxylation is 1. The van der Waals surface area contributed by atoms with E-state index in [1.54, 1.807) is 25.1 Å². The van der Waals surface area contributed by atoms with E-state index in [-0.39, 0.29) is 11.7 Å². The monoisotopic (exact) mass is 355 g/mol. The lowest BCUT2D eigenvalue weighted by Crippen LogP contribution is -2.19. The molecule has 0 saturated carbocycles. The van der Waals surface area contributed by atoms with E-state index < -0.39 is 0 Å². The Morgan fingerprint density at radius 3 is 2.90 bits per heavy atom. The molecule has 2 aromatic rings. The lowest BCUT2D eigenvalue weighted by atomic mass is 10.1. The van der Waals surface area contributed by atoms with Crippen molar-refractivity contribution in [1.82, 2.24) is 9.59 Å². The Balaban J connectivity index is 2.35. The number of halogens is 1. The number of carbonyl (C=O) groups excluding carboxylic acids is 1. The maximum absolute atomic E-state index is 12.1. The molecule has 4 N–H and O–H groups in total. The smallest absolute Gasteiger partial charge is 0.269 e. The molecule has 7 nitrogen and oxygen atoms in total. The highest BCUT2D eigenvalue weighted by molar-refractivity contribution is 9.10. The molecule has 0 atom stereocenters. The highest BCUT2D eigenvalue weighted by Crippen LogP contribution is 2.22. The maximum Gasteiger partial charge on any atom is 0.269 e. The van der Waals surface area contributed by atoms with Crippen molar-refractivity contribution in [2.45, 2.75) is 6.92 Å². The topological polar surface area (TPSA) is 113 Å². The quantitative estimate of drug-likeness (QED) is 0.337. The van der Waals surface area contributed by atoms with E-state index in [2.05, 4.69) is 36.0 Å². The molecule has 1 heterocycles. The molecule has 0 fully saturated rings. The van der Waals surface area contributed by atoms with Gasteiger partial charge in [-0.2, -0.15) is 0 Å². The number of amides is 1. The van der Waals surface area contributed by atoms with E-state index >= 15 is 0 Å². The fourth-order valence-corrected chi connectivity index (χ4v) is 2.42. The standard InChI is InChI=1S/C11H10BrN5O2S/c1-5-9(20-17-15-5)11(18)14-8-3-2-6(12)4-7(8)10(13)16-19/h2-4,19H,1H3,(H2,13,16)(H,14,18). The zero-order valence-corrected chi connectivity index (χ0v) is 12.7. The Morgan fingerprint density at radius 2 is 2.30 bits per heavy atom. The number of benzene rings is 1. The predicted octanol–water partition coefficient (Wildman–Crippen LogP) is 1.96. The summed E-state index contributed by atoms with van der Waals surface area (Å²) in [5.74, 6) is -0.437. The lowest BCUT2D eigenvalue weighted by molar-refractivity contribution is 0.103. The van der Waals surface area contributed by atoms with Crippen molar-refractivity contribution in [2.24, 2.45) is 10.9 Å². The van der Waals surface area contributed by atoms with Gasteiger partial charge in [0.25, 0.3) is 5.91 Å². The van der Waals surface area contributed by atoms with Crippen molar-refractivity contribution in [3.05, 3.63) is 38.8 Å². The number of hydrogen-bond donors (Lipinski definition) is 3. The van der Waals surface area contributed by atoms with Gasteiger partial charge in [0.05, 0.1) is 11.4 Å². The van der Waals surface area contributed by atoms with E-state index in [1.165, 1.54) is 0 Å². The minimum atomic E-state index is -0.341. The number of hydrogen-bond acceptors (Lipinski definition) is 6. The first-order valence-electron chi connectivity index (χ1n) is 5.40. The highest BCUT2D eigenvalue weighted by atomic mass is 79.9. The Morgan fingerprint density at radius 1 is 1.55 bits per heavy atom. The van der Waals surface area contributed by atoms with Crippen molar-refractivity contribution >= 4 is 44.9 Å². The molecular weight excluding hydrogens is 346 g/mol. The van der Waals surface area contributed by atoms with Crippen LogP contribution in [0.2, 0.25) is 0 Å². The van der Waals surface area contributed by atoms with Gasteiger partial charge in [-0.05, 0) is 36.7 Å². The first kappa shape index (κ1) is 14.4. The van der Waals surface area contributed by atoms with Gasteiger partial charge in [-0.1, -0.05) is 25.6 Å². The number of amidine groups is 1. The molecular formula is C11H10BrN5O2S. The molecule has 0 unspecified atom stereocenters. The van der Waals surface area contributed by atoms with E-state index in [9.17, 15) is 4.79 Å². The van der Waals surface area contributed by atoms with Gasteiger partial charge in [0.15, 0.2) is 5.84 Å². The summed E-state index contributed by atoms with van der Waals surface area (Å²) in [5, 5.41) is 18.2. The third-order valence-corrected chi connectivity index (χ3v) is 3.79. The zero-order valence-electron chi connectivity index (χ0n) is 10.3. The van der Waals surface area contributed by atoms with Crippen molar-refractivity contribution in [3.8, 4) is 0 Å². The summed E-state index contributed by atoms with van der Waals surface area (Å²) in [6.45, 7) is 1.70. The first-order valence-corrected chi connectivity index (χ1v) is 6.97. The summed E-state index contributed by atoms with van der Waals surface area (Å²) in [4.78, 5) is 12.5. The van der Waals surface area contributed by atoms with Gasteiger partial charge in [0.1, 0.15) is 4.88 Å². The van der Waals surface area contributed by atoms with Crippen molar-refractivity contribution in [1.29, 1.82) is 0 Å². The summed E-state index contributed by atoms with van der Waals surface area (Å²) < 4.78 is 4.45. The molecule has 20 heavy (non-hydrogen) atoms. The van der Waals surface area contributed by atoms with Crippen LogP contribution in [0, 0.1) is 6.92 Å². The Bertz CT molecular complexity index is 685. The Kier molecular flexibility index (Phi) is 4.30. The second kappa shape index (κ2) is 5.97. The van der Waals surface area contributed by atoms with Crippen LogP contribution < -0.4 is 11.1 Å². The number of rotatable bonds is 3. The van der Waals surface area contributed by atoms with Gasteiger partial charge in [-0.3, -0.25) is 4.79 Å². The zero-order chi connectivity index (χ0) is 14.7. The predicted molar refractivity (Wildman–Crippen MR) is 79.3 cm³/mol. The van der Waals surface area contributed by atoms with Gasteiger partial charge in [0.2, 0.25) is 0 Å². The van der Waals surface area contributed by atoms with Gasteiger partial charge >= 0.3 is 0 Å². The third-order valence-electron chi connectivity index (χ3n) is 2.47. The van der Waals surface area contributed by atoms with E-state index in [1.807, 2.05) is 0 Å². The fraction of sp³-hybridized carbons (Fsp3) is 0.0909. The van der Waals surface area contributed by atoms with Crippen molar-refractivity contribution < 1.29 is 10.0 Å². The van der Waals surface area contributed by atoms with Crippen LogP contribution in [0.4, 0.5) is 5.69 Å². The Hall–Kier alpha value is -2.00. The van der Waals surface area contributed by atoms with Crippen LogP contribution in [0.5, 0.6) is 0 Å². The third kappa shape index (κ3) is 2.94. The van der Waals surface area contributed by atoms with Gasteiger partial charge in [-0.25, -0.2) is 0 Å². The molecule has 0 aliphatic rings. The van der Waals surface area contributed by atoms with Crippen LogP contribution in [0.3, 0.4) is 0 Å². The van der Waals surface area contributed by atoms with E-state index in [0.29, 0.717) is 21.8 Å². The molecule has 1 aromatic heterocycles. The van der Waals surface area contributed by atoms with E-state index in [4.69, 9.17) is 10.9 Å². The average molecular weight is 356 g/mol. The molecule has 0 aliphatic carbocycles. The van der Waals surface area contributed by atoms with Crippen LogP contribution in [0.25, 0.3) is 0 Å². The molecule has 2 rings (SSSR count). The summed E-state index contributed by atoms with van der Waals surface area (Å²) in [6.07, 6.45) is 0. The van der Waals surface area contributed by atoms with Crippen molar-refractivity contribution in [2.75, 3.05) is 5.32 Å². The van der Waals surface area contributed by atoms with Crippen LogP contribution in [0.15, 0.2) is 27.8 Å². The number of aromatic nitrogens is 2. The molecule has 0 bridgehead atoms. The Labute approximate surface area is 126 Å². The number of nitrogens with zero attached hydrogens (tertiary/aromatic N) is 3. The number of nitrogens with one attached hydrogen (secondary N) is 1. The SMILES string of the molecule is Cc1nnsc1C(=O)Nc1ccc(Br)cc1/C(N)=N/O. The largest absolute Gasteiger partial charge is 0.409 e. The molecule has 0 spiro atoms. The summed E-state index contributed by atoms with van der Waals surface area (Å²) in [5.41, 5.74) is 6.98. The molecule has 0 saturated heterocycles. The van der Waals surface area contributed by atoms with Crippen LogP contribution in [0.1, 0.15) is 20.9 Å². The van der Waals surface area contributed by atoms with Crippen LogP contribution >= 0.6 is 27.5 Å². The summed E-state index contributed by atoms with van der Waals surface area (Å²) >= 11 is 4.29. The first-order chi connectivity index (χ1) is 9.52. The van der Waals surface area contributed by atoms with Crippen molar-refractivity contribution in [3.63, 3.8) is 0 Å². The summed E-state index contributed by atoms with van der Waals surface area (Å²) in [6, 6.07) is 5.03. The molecule has 1 amide bonds. The fourth-order valence-electron chi connectivity index (χ4n) is 1.51. The second-order valence-electron chi connectivity index (χ2n) is 3.82. The van der Waals surface area contributed by atoms with Gasteiger partial charge < -0.3 is 16.3 Å². The lowest BCUT2D eigenvalue weighted by Gasteiger charge is -2.10. The second-order valence-corrected chi connectivity index (χ2v) is 5.49. The molecule has 0 aliphatic heterocycles. The van der Waals surface area contributed by atoms with E-state index in [0.717, 1.165) is 16.0 Å². The number of anilines is 1. The average Bonchev–Trinajstić information content (AvgIpc) is 2.86. The normalized spacial score (nSPS) is 11.4. The molecule has 9 heteroatoms. The molecule has 1 aromatic carbocycles. The minimum Gasteiger partial charge on any atom is -0.409 e. The summed E-state index contributed by atoms with van der Waals surface area (Å²) in [7, 11) is 0. The van der Waals surface area contributed by atoms with Crippen LogP contribution in [-0.4, -0.2) is 26.5 Å². The highest BCUT2D eigenvalue weighted by Gasteiger charge is 2.16. The number of nitrogens with two attached hydrogens (primary N) is 1. The van der Waals surface area contributed by atoms with Gasteiger partial charge in [0, 0.05) is 10.0 Å². The van der Waals surface area contributed by atoms with Gasteiger partial charge in [-0.15, -0.1) is 5.10 Å².